The van der Waals surface area contributed by atoms with E-state index in [-0.39, 0.29) is 6.04 Å². The van der Waals surface area contributed by atoms with Crippen molar-refractivity contribution >= 4 is 0 Å². The molecule has 3 unspecified atom stereocenters. The molecule has 1 N–H and O–H groups in total. The van der Waals surface area contributed by atoms with Crippen molar-refractivity contribution in [2.45, 2.75) is 45.4 Å². The van der Waals surface area contributed by atoms with Crippen LogP contribution < -0.4 is 0 Å². The lowest BCUT2D eigenvalue weighted by Crippen LogP contribution is -2.53. The van der Waals surface area contributed by atoms with E-state index in [9.17, 15) is 5.11 Å². The number of rotatable bonds is 4. The summed E-state index contributed by atoms with van der Waals surface area (Å²) in [5.41, 5.74) is 2.35. The van der Waals surface area contributed by atoms with Crippen molar-refractivity contribution in [2.75, 3.05) is 26.7 Å². The molecule has 3 atom stereocenters. The fourth-order valence-electron chi connectivity index (χ4n) is 2.88. The topological polar surface area (TPSA) is 26.7 Å². The first kappa shape index (κ1) is 15.5. The minimum atomic E-state index is -0.406. The Kier molecular flexibility index (Phi) is 5.19. The van der Waals surface area contributed by atoms with Gasteiger partial charge in [-0.1, -0.05) is 31.2 Å². The monoisotopic (exact) mass is 276 g/mol. The number of aryl methyl sites for hydroxylation is 1. The van der Waals surface area contributed by atoms with E-state index >= 15 is 0 Å². The summed E-state index contributed by atoms with van der Waals surface area (Å²) in [6, 6.07) is 9.11. The molecule has 112 valence electrons. The van der Waals surface area contributed by atoms with Gasteiger partial charge in [0.2, 0.25) is 0 Å². The van der Waals surface area contributed by atoms with E-state index in [2.05, 4.69) is 61.9 Å². The molecule has 0 amide bonds. The second-order valence-corrected chi connectivity index (χ2v) is 6.11. The Balaban J connectivity index is 2.02. The highest BCUT2D eigenvalue weighted by atomic mass is 16.3. The molecule has 1 aromatic carbocycles. The molecule has 1 heterocycles. The normalized spacial score (nSPS) is 24.6. The summed E-state index contributed by atoms with van der Waals surface area (Å²) in [4.78, 5) is 4.79. The average Bonchev–Trinajstić information content (AvgIpc) is 2.48. The van der Waals surface area contributed by atoms with Crippen molar-refractivity contribution in [1.82, 2.24) is 9.80 Å². The number of aliphatic hydroxyl groups is 1. The third kappa shape index (κ3) is 3.40. The van der Waals surface area contributed by atoms with E-state index in [4.69, 9.17) is 0 Å². The van der Waals surface area contributed by atoms with Gasteiger partial charge in [0.1, 0.15) is 0 Å². The van der Waals surface area contributed by atoms with Gasteiger partial charge >= 0.3 is 0 Å². The van der Waals surface area contributed by atoms with Crippen LogP contribution in [0.3, 0.4) is 0 Å². The summed E-state index contributed by atoms with van der Waals surface area (Å²) in [7, 11) is 2.17. The molecule has 3 nitrogen and oxygen atoms in total. The van der Waals surface area contributed by atoms with Crippen molar-refractivity contribution in [2.24, 2.45) is 0 Å². The molecule has 1 saturated heterocycles. The van der Waals surface area contributed by atoms with Crippen LogP contribution in [0.2, 0.25) is 0 Å². The van der Waals surface area contributed by atoms with Crippen LogP contribution in [0.25, 0.3) is 0 Å². The fourth-order valence-corrected chi connectivity index (χ4v) is 2.88. The van der Waals surface area contributed by atoms with Crippen LogP contribution in [0.4, 0.5) is 0 Å². The molecule has 2 rings (SSSR count). The molecular formula is C17H28N2O. The highest BCUT2D eigenvalue weighted by molar-refractivity contribution is 5.25. The first-order chi connectivity index (χ1) is 9.52. The smallest absolute Gasteiger partial charge is 0.0942 e. The van der Waals surface area contributed by atoms with Gasteiger partial charge in [-0.2, -0.15) is 0 Å². The van der Waals surface area contributed by atoms with Crippen LogP contribution in [0, 0.1) is 0 Å². The first-order valence-corrected chi connectivity index (χ1v) is 7.74. The molecule has 1 aliphatic rings. The van der Waals surface area contributed by atoms with Crippen LogP contribution in [-0.4, -0.2) is 53.7 Å². The van der Waals surface area contributed by atoms with Gasteiger partial charge in [0, 0.05) is 31.7 Å². The second-order valence-electron chi connectivity index (χ2n) is 6.11. The SMILES string of the molecule is CCc1ccc(C(O)C(C)N2CCN(C)C(C)C2)cc1. The molecule has 1 aromatic rings. The molecule has 1 aliphatic heterocycles. The average molecular weight is 276 g/mol. The minimum absolute atomic E-state index is 0.165. The number of benzene rings is 1. The zero-order chi connectivity index (χ0) is 14.7. The Labute approximate surface area is 123 Å². The Morgan fingerprint density at radius 1 is 1.25 bits per heavy atom. The summed E-state index contributed by atoms with van der Waals surface area (Å²) < 4.78 is 0. The van der Waals surface area contributed by atoms with E-state index in [1.165, 1.54) is 5.56 Å². The quantitative estimate of drug-likeness (QED) is 0.914. The Hall–Kier alpha value is -0.900. The summed E-state index contributed by atoms with van der Waals surface area (Å²) in [6.45, 7) is 9.68. The zero-order valence-corrected chi connectivity index (χ0v) is 13.2. The fraction of sp³-hybridized carbons (Fsp3) is 0.647. The van der Waals surface area contributed by atoms with E-state index in [0.717, 1.165) is 31.6 Å². The minimum Gasteiger partial charge on any atom is -0.387 e. The van der Waals surface area contributed by atoms with Gasteiger partial charge in [-0.25, -0.2) is 0 Å². The maximum atomic E-state index is 10.6. The maximum Gasteiger partial charge on any atom is 0.0942 e. The van der Waals surface area contributed by atoms with Gasteiger partial charge in [0.05, 0.1) is 6.10 Å². The standard InChI is InChI=1S/C17H28N2O/c1-5-15-6-8-16(9-7-15)17(20)14(3)19-11-10-18(4)13(2)12-19/h6-9,13-14,17,20H,5,10-12H2,1-4H3. The number of nitrogens with zero attached hydrogens (tertiary/aromatic N) is 2. The molecule has 0 saturated carbocycles. The zero-order valence-electron chi connectivity index (χ0n) is 13.2. The second kappa shape index (κ2) is 6.70. The van der Waals surface area contributed by atoms with Crippen LogP contribution >= 0.6 is 0 Å². The van der Waals surface area contributed by atoms with Crippen LogP contribution in [0.5, 0.6) is 0 Å². The molecule has 0 aliphatic carbocycles. The van der Waals surface area contributed by atoms with Gasteiger partial charge in [0.15, 0.2) is 0 Å². The van der Waals surface area contributed by atoms with E-state index in [0.29, 0.717) is 6.04 Å². The van der Waals surface area contributed by atoms with Crippen molar-refractivity contribution in [3.63, 3.8) is 0 Å². The number of hydrogen-bond donors (Lipinski definition) is 1. The Morgan fingerprint density at radius 3 is 2.45 bits per heavy atom. The molecule has 3 heteroatoms. The predicted octanol–water partition coefficient (Wildman–Crippen LogP) is 2.31. The van der Waals surface area contributed by atoms with E-state index in [1.54, 1.807) is 0 Å². The molecule has 0 bridgehead atoms. The lowest BCUT2D eigenvalue weighted by Gasteiger charge is -2.42. The van der Waals surface area contributed by atoms with Crippen molar-refractivity contribution < 1.29 is 5.11 Å². The van der Waals surface area contributed by atoms with Crippen LogP contribution in [-0.2, 0) is 6.42 Å². The van der Waals surface area contributed by atoms with E-state index in [1.807, 2.05) is 0 Å². The van der Waals surface area contributed by atoms with Gasteiger partial charge in [-0.05, 0) is 38.4 Å². The number of aliphatic hydroxyl groups excluding tert-OH is 1. The third-order valence-corrected chi connectivity index (χ3v) is 4.75. The van der Waals surface area contributed by atoms with Crippen molar-refractivity contribution in [1.29, 1.82) is 0 Å². The van der Waals surface area contributed by atoms with Crippen LogP contribution in [0.15, 0.2) is 24.3 Å². The van der Waals surface area contributed by atoms with Crippen molar-refractivity contribution in [3.8, 4) is 0 Å². The third-order valence-electron chi connectivity index (χ3n) is 4.75. The number of hydrogen-bond acceptors (Lipinski definition) is 3. The highest BCUT2D eigenvalue weighted by Gasteiger charge is 2.28. The van der Waals surface area contributed by atoms with Crippen LogP contribution in [0.1, 0.15) is 38.0 Å². The van der Waals surface area contributed by atoms with Gasteiger partial charge in [0.25, 0.3) is 0 Å². The summed E-state index contributed by atoms with van der Waals surface area (Å²) >= 11 is 0. The molecular weight excluding hydrogens is 248 g/mol. The maximum absolute atomic E-state index is 10.6. The molecule has 20 heavy (non-hydrogen) atoms. The molecule has 0 radical (unpaired) electrons. The van der Waals surface area contributed by atoms with Gasteiger partial charge in [-0.15, -0.1) is 0 Å². The number of piperazine rings is 1. The molecule has 1 fully saturated rings. The Morgan fingerprint density at radius 2 is 1.90 bits per heavy atom. The molecule has 0 spiro atoms. The summed E-state index contributed by atoms with van der Waals surface area (Å²) in [6.07, 6.45) is 0.638. The largest absolute Gasteiger partial charge is 0.387 e. The first-order valence-electron chi connectivity index (χ1n) is 7.74. The van der Waals surface area contributed by atoms with Crippen molar-refractivity contribution in [3.05, 3.63) is 35.4 Å². The Bertz CT molecular complexity index is 418. The lowest BCUT2D eigenvalue weighted by atomic mass is 9.99. The van der Waals surface area contributed by atoms with E-state index < -0.39 is 6.10 Å². The molecule has 0 aromatic heterocycles. The predicted molar refractivity (Wildman–Crippen MR) is 83.9 cm³/mol. The van der Waals surface area contributed by atoms with Gasteiger partial charge in [-0.3, -0.25) is 4.90 Å². The number of likely N-dealkylation sites (N-methyl/N-ethyl adjacent to an activating group) is 1. The highest BCUT2D eigenvalue weighted by Crippen LogP contribution is 2.23. The lowest BCUT2D eigenvalue weighted by molar-refractivity contribution is 0.0136. The summed E-state index contributed by atoms with van der Waals surface area (Å²) in [5, 5.41) is 10.6. The summed E-state index contributed by atoms with van der Waals surface area (Å²) in [5.74, 6) is 0. The van der Waals surface area contributed by atoms with Gasteiger partial charge < -0.3 is 10.0 Å².